The molecule has 0 N–H and O–H groups in total. The molecule has 29 heavy (non-hydrogen) atoms. The molecule has 7 heteroatoms. The standard InChI is InChI=1S/C22H38O6S/c1-16-11-13-18(14-12-16)28-29(25)26-15-22(5,20(24)27-21(2,3)4)19(23)17-9-7-6-8-10-17/h16-18H,6-15H2,1-5H3. The highest BCUT2D eigenvalue weighted by atomic mass is 32.2. The normalized spacial score (nSPS) is 27.1. The summed E-state index contributed by atoms with van der Waals surface area (Å²) in [6.07, 6.45) is 8.30. The van der Waals surface area contributed by atoms with E-state index in [1.54, 1.807) is 27.7 Å². The third-order valence-electron chi connectivity index (χ3n) is 5.99. The van der Waals surface area contributed by atoms with Crippen LogP contribution >= 0.6 is 0 Å². The minimum absolute atomic E-state index is 0.103. The highest BCUT2D eigenvalue weighted by Gasteiger charge is 2.48. The molecule has 0 spiro atoms. The van der Waals surface area contributed by atoms with Crippen LogP contribution in [0.1, 0.15) is 92.4 Å². The van der Waals surface area contributed by atoms with Gasteiger partial charge in [0.05, 0.1) is 12.7 Å². The summed E-state index contributed by atoms with van der Waals surface area (Å²) in [5, 5.41) is 0. The molecule has 2 aliphatic rings. The summed E-state index contributed by atoms with van der Waals surface area (Å²) in [5.74, 6) is -0.314. The summed E-state index contributed by atoms with van der Waals surface area (Å²) in [7, 11) is 0. The van der Waals surface area contributed by atoms with Crippen molar-refractivity contribution in [2.24, 2.45) is 17.3 Å². The van der Waals surface area contributed by atoms with E-state index < -0.39 is 28.3 Å². The fourth-order valence-electron chi connectivity index (χ4n) is 4.07. The molecule has 2 unspecified atom stereocenters. The van der Waals surface area contributed by atoms with Crippen molar-refractivity contribution in [2.45, 2.75) is 104 Å². The molecule has 168 valence electrons. The number of esters is 1. The van der Waals surface area contributed by atoms with Gasteiger partial charge in [0.2, 0.25) is 0 Å². The Labute approximate surface area is 178 Å². The molecule has 0 radical (unpaired) electrons. The van der Waals surface area contributed by atoms with Crippen LogP contribution in [0.2, 0.25) is 0 Å². The number of Topliss-reactive ketones (excluding diaryl/α,β-unsaturated/α-hetero) is 1. The van der Waals surface area contributed by atoms with E-state index in [9.17, 15) is 13.8 Å². The van der Waals surface area contributed by atoms with E-state index in [0.29, 0.717) is 5.92 Å². The second kappa shape index (κ2) is 10.5. The summed E-state index contributed by atoms with van der Waals surface area (Å²) < 4.78 is 28.8. The molecule has 0 aromatic heterocycles. The van der Waals surface area contributed by atoms with E-state index in [1.165, 1.54) is 0 Å². The van der Waals surface area contributed by atoms with Crippen molar-refractivity contribution in [3.05, 3.63) is 0 Å². The number of hydrogen-bond acceptors (Lipinski definition) is 6. The second-order valence-electron chi connectivity index (χ2n) is 9.98. The van der Waals surface area contributed by atoms with Crippen LogP contribution in [0, 0.1) is 17.3 Å². The van der Waals surface area contributed by atoms with Crippen molar-refractivity contribution in [3.8, 4) is 0 Å². The molecule has 0 saturated heterocycles. The van der Waals surface area contributed by atoms with Crippen LogP contribution in [-0.4, -0.2) is 34.3 Å². The van der Waals surface area contributed by atoms with E-state index in [0.717, 1.165) is 57.8 Å². The van der Waals surface area contributed by atoms with Crippen LogP contribution in [0.25, 0.3) is 0 Å². The molecular formula is C22H38O6S. The summed E-state index contributed by atoms with van der Waals surface area (Å²) in [6, 6.07) is 0. The fourth-order valence-corrected chi connectivity index (χ4v) is 4.87. The summed E-state index contributed by atoms with van der Waals surface area (Å²) in [5.41, 5.74) is -2.21. The molecule has 0 heterocycles. The average molecular weight is 431 g/mol. The Bertz CT molecular complexity index is 585. The van der Waals surface area contributed by atoms with Gasteiger partial charge in [-0.15, -0.1) is 0 Å². The zero-order chi connectivity index (χ0) is 21.7. The Hall–Kier alpha value is -0.790. The Morgan fingerprint density at radius 1 is 0.931 bits per heavy atom. The van der Waals surface area contributed by atoms with Crippen molar-refractivity contribution < 1.29 is 26.9 Å². The number of hydrogen-bond donors (Lipinski definition) is 0. The molecule has 0 bridgehead atoms. The van der Waals surface area contributed by atoms with Gasteiger partial charge in [0, 0.05) is 5.92 Å². The average Bonchev–Trinajstić information content (AvgIpc) is 2.66. The molecular weight excluding hydrogens is 392 g/mol. The van der Waals surface area contributed by atoms with Crippen LogP contribution in [0.15, 0.2) is 0 Å². The molecule has 2 aliphatic carbocycles. The van der Waals surface area contributed by atoms with Crippen LogP contribution in [-0.2, 0) is 34.1 Å². The zero-order valence-corrected chi connectivity index (χ0v) is 19.5. The first-order valence-corrected chi connectivity index (χ1v) is 12.0. The van der Waals surface area contributed by atoms with E-state index in [4.69, 9.17) is 13.1 Å². The van der Waals surface area contributed by atoms with Gasteiger partial charge >= 0.3 is 17.3 Å². The summed E-state index contributed by atoms with van der Waals surface area (Å²) in [4.78, 5) is 26.2. The van der Waals surface area contributed by atoms with Crippen LogP contribution in [0.4, 0.5) is 0 Å². The maximum atomic E-state index is 13.3. The highest BCUT2D eigenvalue weighted by Crippen LogP contribution is 2.34. The first-order valence-electron chi connectivity index (χ1n) is 11.0. The largest absolute Gasteiger partial charge is 0.459 e. The lowest BCUT2D eigenvalue weighted by atomic mass is 9.74. The second-order valence-corrected chi connectivity index (χ2v) is 10.8. The molecule has 0 aliphatic heterocycles. The predicted octanol–water partition coefficient (Wildman–Crippen LogP) is 4.67. The van der Waals surface area contributed by atoms with Gasteiger partial charge in [0.1, 0.15) is 11.0 Å². The Balaban J connectivity index is 2.03. The molecule has 6 nitrogen and oxygen atoms in total. The molecule has 0 aromatic carbocycles. The van der Waals surface area contributed by atoms with Gasteiger partial charge < -0.3 is 4.74 Å². The molecule has 2 atom stereocenters. The lowest BCUT2D eigenvalue weighted by Gasteiger charge is -2.33. The number of ketones is 1. The van der Waals surface area contributed by atoms with Gasteiger partial charge in [-0.25, -0.2) is 0 Å². The predicted molar refractivity (Wildman–Crippen MR) is 112 cm³/mol. The maximum Gasteiger partial charge on any atom is 0.322 e. The van der Waals surface area contributed by atoms with Crippen LogP contribution in [0.3, 0.4) is 0 Å². The maximum absolute atomic E-state index is 13.3. The number of ether oxygens (including phenoxy) is 1. The Kier molecular flexibility index (Phi) is 8.86. The lowest BCUT2D eigenvalue weighted by molar-refractivity contribution is -0.172. The Morgan fingerprint density at radius 3 is 2.07 bits per heavy atom. The fraction of sp³-hybridized carbons (Fsp3) is 0.909. The highest BCUT2D eigenvalue weighted by molar-refractivity contribution is 7.75. The Morgan fingerprint density at radius 2 is 1.52 bits per heavy atom. The molecule has 0 aromatic rings. The van der Waals surface area contributed by atoms with E-state index in [-0.39, 0.29) is 24.4 Å². The lowest BCUT2D eigenvalue weighted by Crippen LogP contribution is -2.47. The number of carbonyl (C=O) groups is 2. The van der Waals surface area contributed by atoms with E-state index in [2.05, 4.69) is 6.92 Å². The first-order chi connectivity index (χ1) is 13.5. The van der Waals surface area contributed by atoms with E-state index >= 15 is 0 Å². The molecule has 2 saturated carbocycles. The van der Waals surface area contributed by atoms with Gasteiger partial charge in [-0.1, -0.05) is 26.2 Å². The smallest absolute Gasteiger partial charge is 0.322 e. The van der Waals surface area contributed by atoms with Crippen molar-refractivity contribution in [3.63, 3.8) is 0 Å². The van der Waals surface area contributed by atoms with Gasteiger partial charge in [0.25, 0.3) is 0 Å². The monoisotopic (exact) mass is 430 g/mol. The van der Waals surface area contributed by atoms with Gasteiger partial charge in [-0.05, 0) is 72.1 Å². The number of rotatable bonds is 8. The quantitative estimate of drug-likeness (QED) is 0.411. The van der Waals surface area contributed by atoms with Gasteiger partial charge in [-0.2, -0.15) is 4.21 Å². The van der Waals surface area contributed by atoms with Crippen molar-refractivity contribution in [2.75, 3.05) is 6.61 Å². The van der Waals surface area contributed by atoms with Crippen LogP contribution in [0.5, 0.6) is 0 Å². The zero-order valence-electron chi connectivity index (χ0n) is 18.7. The summed E-state index contributed by atoms with van der Waals surface area (Å²) in [6.45, 7) is 8.76. The minimum atomic E-state index is -2.00. The SMILES string of the molecule is CC1CCC(OS(=O)OCC(C)(C(=O)OC(C)(C)C)C(=O)C2CCCCC2)CC1. The van der Waals surface area contributed by atoms with Gasteiger partial charge in [-0.3, -0.25) is 18.0 Å². The van der Waals surface area contributed by atoms with Crippen molar-refractivity contribution in [1.29, 1.82) is 0 Å². The van der Waals surface area contributed by atoms with Crippen molar-refractivity contribution in [1.82, 2.24) is 0 Å². The van der Waals surface area contributed by atoms with Crippen LogP contribution < -0.4 is 0 Å². The van der Waals surface area contributed by atoms with Crippen molar-refractivity contribution >= 4 is 23.1 Å². The third kappa shape index (κ3) is 7.44. The molecule has 2 fully saturated rings. The van der Waals surface area contributed by atoms with E-state index in [1.807, 2.05) is 0 Å². The third-order valence-corrected chi connectivity index (χ3v) is 6.73. The molecule has 2 rings (SSSR count). The molecule has 0 amide bonds. The first kappa shape index (κ1) is 24.5. The topological polar surface area (TPSA) is 78.9 Å². The summed E-state index contributed by atoms with van der Waals surface area (Å²) >= 11 is -2.00. The van der Waals surface area contributed by atoms with Gasteiger partial charge in [0.15, 0.2) is 5.78 Å². The minimum Gasteiger partial charge on any atom is -0.459 e. The number of carbonyl (C=O) groups excluding carboxylic acids is 2.